The molecule has 20 heavy (non-hydrogen) atoms. The molecular weight excluding hydrogens is 314 g/mol. The summed E-state index contributed by atoms with van der Waals surface area (Å²) in [6.07, 6.45) is 0. The second-order valence-electron chi connectivity index (χ2n) is 4.72. The van der Waals surface area contributed by atoms with E-state index in [9.17, 15) is 0 Å². The molecule has 0 bridgehead atoms. The number of nitrogens with zero attached hydrogens (tertiary/aromatic N) is 1. The fourth-order valence-electron chi connectivity index (χ4n) is 2.10. The van der Waals surface area contributed by atoms with E-state index in [2.05, 4.69) is 58.9 Å². The fourth-order valence-corrected chi connectivity index (χ4v) is 2.36. The number of hydrogen-bond acceptors (Lipinski definition) is 2. The van der Waals surface area contributed by atoms with Crippen molar-refractivity contribution >= 4 is 21.6 Å². The van der Waals surface area contributed by atoms with Gasteiger partial charge in [-0.1, -0.05) is 28.1 Å². The Hall–Kier alpha value is -1.48. The molecule has 0 heterocycles. The third-order valence-corrected chi connectivity index (χ3v) is 3.72. The SMILES string of the molecule is CCN(CCOc1ccc(Br)cc1)c1cccc(C)c1. The Kier molecular flexibility index (Phi) is 5.48. The molecule has 0 spiro atoms. The quantitative estimate of drug-likeness (QED) is 0.762. The average Bonchev–Trinajstić information content (AvgIpc) is 2.45. The van der Waals surface area contributed by atoms with Gasteiger partial charge < -0.3 is 9.64 Å². The molecule has 106 valence electrons. The molecule has 0 aromatic heterocycles. The number of hydrogen-bond donors (Lipinski definition) is 0. The topological polar surface area (TPSA) is 12.5 Å². The minimum absolute atomic E-state index is 0.684. The van der Waals surface area contributed by atoms with E-state index in [1.165, 1.54) is 11.3 Å². The molecule has 0 atom stereocenters. The van der Waals surface area contributed by atoms with Crippen LogP contribution in [0.4, 0.5) is 5.69 Å². The molecule has 0 aliphatic rings. The lowest BCUT2D eigenvalue weighted by molar-refractivity contribution is 0.324. The monoisotopic (exact) mass is 333 g/mol. The molecule has 0 saturated heterocycles. The van der Waals surface area contributed by atoms with Gasteiger partial charge in [-0.15, -0.1) is 0 Å². The van der Waals surface area contributed by atoms with Crippen molar-refractivity contribution in [1.82, 2.24) is 0 Å². The Morgan fingerprint density at radius 2 is 1.85 bits per heavy atom. The van der Waals surface area contributed by atoms with E-state index in [-0.39, 0.29) is 0 Å². The zero-order valence-corrected chi connectivity index (χ0v) is 13.6. The first-order valence-corrected chi connectivity index (χ1v) is 7.68. The van der Waals surface area contributed by atoms with Gasteiger partial charge in [0.1, 0.15) is 12.4 Å². The van der Waals surface area contributed by atoms with Crippen LogP contribution in [0, 0.1) is 6.92 Å². The van der Waals surface area contributed by atoms with Crippen molar-refractivity contribution in [3.63, 3.8) is 0 Å². The summed E-state index contributed by atoms with van der Waals surface area (Å²) < 4.78 is 6.85. The van der Waals surface area contributed by atoms with Crippen molar-refractivity contribution in [2.75, 3.05) is 24.6 Å². The van der Waals surface area contributed by atoms with Crippen LogP contribution in [0.5, 0.6) is 5.75 Å². The van der Waals surface area contributed by atoms with Gasteiger partial charge in [0.2, 0.25) is 0 Å². The third-order valence-electron chi connectivity index (χ3n) is 3.19. The Morgan fingerprint density at radius 1 is 1.10 bits per heavy atom. The number of likely N-dealkylation sites (N-methyl/N-ethyl adjacent to an activating group) is 1. The van der Waals surface area contributed by atoms with Gasteiger partial charge in [0.05, 0.1) is 6.54 Å². The van der Waals surface area contributed by atoms with Gasteiger partial charge >= 0.3 is 0 Å². The first-order chi connectivity index (χ1) is 9.69. The fraction of sp³-hybridized carbons (Fsp3) is 0.294. The van der Waals surface area contributed by atoms with Crippen molar-refractivity contribution in [3.8, 4) is 5.75 Å². The van der Waals surface area contributed by atoms with E-state index < -0.39 is 0 Å². The van der Waals surface area contributed by atoms with Gasteiger partial charge in [-0.3, -0.25) is 0 Å². The van der Waals surface area contributed by atoms with Crippen LogP contribution in [-0.2, 0) is 0 Å². The predicted octanol–water partition coefficient (Wildman–Crippen LogP) is 4.66. The van der Waals surface area contributed by atoms with Crippen LogP contribution in [0.25, 0.3) is 0 Å². The van der Waals surface area contributed by atoms with Crippen molar-refractivity contribution in [2.45, 2.75) is 13.8 Å². The van der Waals surface area contributed by atoms with E-state index >= 15 is 0 Å². The van der Waals surface area contributed by atoms with Gasteiger partial charge in [-0.05, 0) is 55.8 Å². The molecule has 0 radical (unpaired) electrons. The van der Waals surface area contributed by atoms with E-state index in [4.69, 9.17) is 4.74 Å². The van der Waals surface area contributed by atoms with Gasteiger partial charge in [-0.25, -0.2) is 0 Å². The minimum Gasteiger partial charge on any atom is -0.492 e. The van der Waals surface area contributed by atoms with E-state index in [1.54, 1.807) is 0 Å². The zero-order chi connectivity index (χ0) is 14.4. The highest BCUT2D eigenvalue weighted by molar-refractivity contribution is 9.10. The van der Waals surface area contributed by atoms with Crippen LogP contribution in [0.2, 0.25) is 0 Å². The van der Waals surface area contributed by atoms with Gasteiger partial charge in [0.15, 0.2) is 0 Å². The normalized spacial score (nSPS) is 10.3. The highest BCUT2D eigenvalue weighted by atomic mass is 79.9. The molecule has 0 amide bonds. The summed E-state index contributed by atoms with van der Waals surface area (Å²) in [5, 5.41) is 0. The summed E-state index contributed by atoms with van der Waals surface area (Å²) in [6, 6.07) is 16.5. The van der Waals surface area contributed by atoms with Crippen molar-refractivity contribution in [3.05, 3.63) is 58.6 Å². The molecule has 2 rings (SSSR count). The molecule has 0 saturated carbocycles. The summed E-state index contributed by atoms with van der Waals surface area (Å²) in [7, 11) is 0. The Bertz CT molecular complexity index is 539. The zero-order valence-electron chi connectivity index (χ0n) is 12.0. The smallest absolute Gasteiger partial charge is 0.119 e. The largest absolute Gasteiger partial charge is 0.492 e. The average molecular weight is 334 g/mol. The van der Waals surface area contributed by atoms with Gasteiger partial charge in [0.25, 0.3) is 0 Å². The number of rotatable bonds is 6. The lowest BCUT2D eigenvalue weighted by Gasteiger charge is -2.23. The Labute approximate surface area is 129 Å². The summed E-state index contributed by atoms with van der Waals surface area (Å²) in [4.78, 5) is 2.33. The van der Waals surface area contributed by atoms with Crippen LogP contribution < -0.4 is 9.64 Å². The van der Waals surface area contributed by atoms with E-state index in [0.717, 1.165) is 23.3 Å². The molecule has 0 aliphatic heterocycles. The highest BCUT2D eigenvalue weighted by Gasteiger charge is 2.04. The number of benzene rings is 2. The lowest BCUT2D eigenvalue weighted by Crippen LogP contribution is -2.28. The highest BCUT2D eigenvalue weighted by Crippen LogP contribution is 2.17. The Morgan fingerprint density at radius 3 is 2.50 bits per heavy atom. The maximum Gasteiger partial charge on any atom is 0.119 e. The second kappa shape index (κ2) is 7.34. The number of aryl methyl sites for hydroxylation is 1. The van der Waals surface area contributed by atoms with Crippen molar-refractivity contribution in [2.24, 2.45) is 0 Å². The van der Waals surface area contributed by atoms with E-state index in [0.29, 0.717) is 6.61 Å². The maximum absolute atomic E-state index is 5.78. The maximum atomic E-state index is 5.78. The Balaban J connectivity index is 1.89. The second-order valence-corrected chi connectivity index (χ2v) is 5.64. The molecule has 0 fully saturated rings. The van der Waals surface area contributed by atoms with Crippen LogP contribution in [0.3, 0.4) is 0 Å². The number of anilines is 1. The summed E-state index contributed by atoms with van der Waals surface area (Å²) >= 11 is 3.42. The number of ether oxygens (including phenoxy) is 1. The molecule has 3 heteroatoms. The lowest BCUT2D eigenvalue weighted by atomic mass is 10.2. The summed E-state index contributed by atoms with van der Waals surface area (Å²) in [6.45, 7) is 6.84. The number of halogens is 1. The minimum atomic E-state index is 0.684. The molecule has 0 unspecified atom stereocenters. The van der Waals surface area contributed by atoms with Crippen LogP contribution in [-0.4, -0.2) is 19.7 Å². The molecule has 2 aromatic carbocycles. The molecule has 2 aromatic rings. The first kappa shape index (κ1) is 14.9. The first-order valence-electron chi connectivity index (χ1n) is 6.89. The summed E-state index contributed by atoms with van der Waals surface area (Å²) in [5.41, 5.74) is 2.54. The van der Waals surface area contributed by atoms with Crippen LogP contribution >= 0.6 is 15.9 Å². The van der Waals surface area contributed by atoms with Gasteiger partial charge in [-0.2, -0.15) is 0 Å². The van der Waals surface area contributed by atoms with Gasteiger partial charge in [0, 0.05) is 16.7 Å². The molecule has 0 aliphatic carbocycles. The van der Waals surface area contributed by atoms with Crippen LogP contribution in [0.1, 0.15) is 12.5 Å². The molecule has 2 nitrogen and oxygen atoms in total. The third kappa shape index (κ3) is 4.27. The van der Waals surface area contributed by atoms with Crippen LogP contribution in [0.15, 0.2) is 53.0 Å². The van der Waals surface area contributed by atoms with E-state index in [1.807, 2.05) is 24.3 Å². The predicted molar refractivity (Wildman–Crippen MR) is 88.7 cm³/mol. The summed E-state index contributed by atoms with van der Waals surface area (Å²) in [5.74, 6) is 0.911. The van der Waals surface area contributed by atoms with Crippen molar-refractivity contribution in [1.29, 1.82) is 0 Å². The molecule has 0 N–H and O–H groups in total. The molecular formula is C17H20BrNO. The van der Waals surface area contributed by atoms with Crippen molar-refractivity contribution < 1.29 is 4.74 Å². The standard InChI is InChI=1S/C17H20BrNO/c1-3-19(16-6-4-5-14(2)13-16)11-12-20-17-9-7-15(18)8-10-17/h4-10,13H,3,11-12H2,1-2H3.